The summed E-state index contributed by atoms with van der Waals surface area (Å²) in [6.07, 6.45) is 0. The molecule has 0 radical (unpaired) electrons. The number of carbonyl (C=O) groups excluding carboxylic acids is 2. The quantitative estimate of drug-likeness (QED) is 0.377. The van der Waals surface area contributed by atoms with Gasteiger partial charge >= 0.3 is 0 Å². The number of nitrogens with zero attached hydrogens (tertiary/aromatic N) is 2. The number of amides is 2. The second-order valence-corrected chi connectivity index (χ2v) is 11.9. The van der Waals surface area contributed by atoms with E-state index in [-0.39, 0.29) is 29.1 Å². The third-order valence-corrected chi connectivity index (χ3v) is 8.32. The summed E-state index contributed by atoms with van der Waals surface area (Å²) in [6.45, 7) is 8.62. The van der Waals surface area contributed by atoms with Gasteiger partial charge in [-0.05, 0) is 70.0 Å². The van der Waals surface area contributed by atoms with E-state index >= 15 is 0 Å². The van der Waals surface area contributed by atoms with Crippen LogP contribution in [-0.4, -0.2) is 43.8 Å². The van der Waals surface area contributed by atoms with Gasteiger partial charge in [0, 0.05) is 17.6 Å². The zero-order valence-corrected chi connectivity index (χ0v) is 23.9. The lowest BCUT2D eigenvalue weighted by atomic mass is 10.1. The number of aryl methyl sites for hydroxylation is 2. The molecule has 9 heteroatoms. The second kappa shape index (κ2) is 12.5. The molecule has 0 saturated carbocycles. The number of benzene rings is 3. The normalized spacial score (nSPS) is 12.2. The molecule has 0 aliphatic rings. The summed E-state index contributed by atoms with van der Waals surface area (Å²) in [5.74, 6) is -0.844. The number of hydrogen-bond acceptors (Lipinski definition) is 4. The Balaban J connectivity index is 2.04. The molecule has 0 aromatic heterocycles. The molecule has 0 bridgehead atoms. The largest absolute Gasteiger partial charge is 0.352 e. The van der Waals surface area contributed by atoms with Crippen LogP contribution in [0.4, 0.5) is 5.69 Å². The summed E-state index contributed by atoms with van der Waals surface area (Å²) in [4.78, 5) is 28.2. The number of sulfonamides is 1. The van der Waals surface area contributed by atoms with Crippen molar-refractivity contribution >= 4 is 39.1 Å². The second-order valence-electron chi connectivity index (χ2n) is 9.60. The molecule has 0 heterocycles. The van der Waals surface area contributed by atoms with Crippen LogP contribution in [0.2, 0.25) is 5.02 Å². The Hall–Kier alpha value is -3.36. The minimum absolute atomic E-state index is 0.0489. The molecule has 202 valence electrons. The fraction of sp³-hybridized carbons (Fsp3) is 0.310. The lowest BCUT2D eigenvalue weighted by Crippen LogP contribution is -2.52. The van der Waals surface area contributed by atoms with Crippen molar-refractivity contribution in [3.63, 3.8) is 0 Å². The van der Waals surface area contributed by atoms with E-state index in [1.807, 2.05) is 58.0 Å². The van der Waals surface area contributed by atoms with Gasteiger partial charge in [-0.3, -0.25) is 13.9 Å². The van der Waals surface area contributed by atoms with Crippen LogP contribution in [0.1, 0.15) is 37.5 Å². The van der Waals surface area contributed by atoms with Gasteiger partial charge in [-0.2, -0.15) is 0 Å². The summed E-state index contributed by atoms with van der Waals surface area (Å²) >= 11 is 6.35. The molecular formula is C29H34ClN3O4S. The van der Waals surface area contributed by atoms with Crippen molar-refractivity contribution in [2.45, 2.75) is 58.1 Å². The monoisotopic (exact) mass is 555 g/mol. The molecule has 3 aromatic rings. The van der Waals surface area contributed by atoms with Crippen LogP contribution in [0.5, 0.6) is 0 Å². The van der Waals surface area contributed by atoms with Gasteiger partial charge in [-0.25, -0.2) is 8.42 Å². The number of hydrogen-bond donors (Lipinski definition) is 1. The number of rotatable bonds is 10. The van der Waals surface area contributed by atoms with E-state index in [0.717, 1.165) is 21.0 Å². The van der Waals surface area contributed by atoms with Crippen LogP contribution in [0.15, 0.2) is 77.7 Å². The predicted octanol–water partition coefficient (Wildman–Crippen LogP) is 5.09. The van der Waals surface area contributed by atoms with Crippen LogP contribution < -0.4 is 9.62 Å². The molecule has 38 heavy (non-hydrogen) atoms. The van der Waals surface area contributed by atoms with E-state index in [9.17, 15) is 18.0 Å². The van der Waals surface area contributed by atoms with Crippen molar-refractivity contribution < 1.29 is 18.0 Å². The minimum atomic E-state index is -4.14. The average molecular weight is 556 g/mol. The number of nitrogens with one attached hydrogen (secondary N) is 1. The van der Waals surface area contributed by atoms with Gasteiger partial charge in [-0.1, -0.05) is 65.7 Å². The minimum Gasteiger partial charge on any atom is -0.352 e. The Morgan fingerprint density at radius 1 is 0.921 bits per heavy atom. The Labute approximate surface area is 230 Å². The maximum absolute atomic E-state index is 13.9. The highest BCUT2D eigenvalue weighted by Gasteiger charge is 2.32. The summed E-state index contributed by atoms with van der Waals surface area (Å²) in [6, 6.07) is 19.6. The zero-order chi connectivity index (χ0) is 28.0. The molecule has 0 aliphatic carbocycles. The van der Waals surface area contributed by atoms with Crippen LogP contribution >= 0.6 is 11.6 Å². The average Bonchev–Trinajstić information content (AvgIpc) is 2.87. The molecule has 2 amide bonds. The summed E-state index contributed by atoms with van der Waals surface area (Å²) in [5, 5.41) is 3.22. The predicted molar refractivity (Wildman–Crippen MR) is 152 cm³/mol. The highest BCUT2D eigenvalue weighted by Crippen LogP contribution is 2.28. The fourth-order valence-electron chi connectivity index (χ4n) is 3.87. The van der Waals surface area contributed by atoms with Gasteiger partial charge in [0.2, 0.25) is 11.8 Å². The number of halogens is 1. The number of carbonyl (C=O) groups is 2. The molecular weight excluding hydrogens is 522 g/mol. The van der Waals surface area contributed by atoms with E-state index in [1.165, 1.54) is 23.1 Å². The lowest BCUT2D eigenvalue weighted by molar-refractivity contribution is -0.139. The Kier molecular flexibility index (Phi) is 9.57. The first kappa shape index (κ1) is 29.2. The van der Waals surface area contributed by atoms with E-state index < -0.39 is 28.5 Å². The fourth-order valence-corrected chi connectivity index (χ4v) is 5.45. The maximum atomic E-state index is 13.9. The van der Waals surface area contributed by atoms with Gasteiger partial charge in [-0.15, -0.1) is 0 Å². The number of anilines is 1. The van der Waals surface area contributed by atoms with E-state index in [4.69, 9.17) is 11.6 Å². The summed E-state index contributed by atoms with van der Waals surface area (Å²) in [7, 11) is -4.14. The Bertz CT molecular complexity index is 1380. The van der Waals surface area contributed by atoms with Crippen LogP contribution in [-0.2, 0) is 26.2 Å². The van der Waals surface area contributed by atoms with Crippen LogP contribution in [0.3, 0.4) is 0 Å². The van der Waals surface area contributed by atoms with Crippen molar-refractivity contribution in [1.82, 2.24) is 10.2 Å². The molecule has 1 atom stereocenters. The third-order valence-electron chi connectivity index (χ3n) is 6.13. The van der Waals surface area contributed by atoms with Crippen molar-refractivity contribution in [1.29, 1.82) is 0 Å². The van der Waals surface area contributed by atoms with Crippen LogP contribution in [0.25, 0.3) is 0 Å². The van der Waals surface area contributed by atoms with Gasteiger partial charge in [0.15, 0.2) is 0 Å². The van der Waals surface area contributed by atoms with E-state index in [2.05, 4.69) is 5.32 Å². The highest BCUT2D eigenvalue weighted by atomic mass is 35.5. The molecule has 1 N–H and O–H groups in total. The van der Waals surface area contributed by atoms with Gasteiger partial charge in [0.05, 0.1) is 10.6 Å². The first-order valence-corrected chi connectivity index (χ1v) is 14.2. The van der Waals surface area contributed by atoms with E-state index in [1.54, 1.807) is 31.2 Å². The van der Waals surface area contributed by atoms with E-state index in [0.29, 0.717) is 5.02 Å². The SMILES string of the molecule is Cc1ccc(S(=O)(=O)N(CC(=O)N(Cc2ccccc2)C(C)C(=O)NC(C)C)c2ccc(C)c(Cl)c2)cc1. The molecule has 0 spiro atoms. The molecule has 0 saturated heterocycles. The maximum Gasteiger partial charge on any atom is 0.264 e. The van der Waals surface area contributed by atoms with Gasteiger partial charge in [0.1, 0.15) is 12.6 Å². The molecule has 3 aromatic carbocycles. The summed E-state index contributed by atoms with van der Waals surface area (Å²) < 4.78 is 28.7. The van der Waals surface area contributed by atoms with Crippen molar-refractivity contribution in [3.8, 4) is 0 Å². The summed E-state index contributed by atoms with van der Waals surface area (Å²) in [5.41, 5.74) is 2.76. The molecule has 0 fully saturated rings. The standard InChI is InChI=1S/C29H34ClN3O4S/c1-20(2)31-29(35)23(5)32(18-24-9-7-6-8-10-24)28(34)19-33(25-14-13-22(4)27(30)17-25)38(36,37)26-15-11-21(3)12-16-26/h6-17,20,23H,18-19H2,1-5H3,(H,31,35). The lowest BCUT2D eigenvalue weighted by Gasteiger charge is -2.32. The zero-order valence-electron chi connectivity index (χ0n) is 22.3. The first-order chi connectivity index (χ1) is 17.9. The van der Waals surface area contributed by atoms with Crippen LogP contribution in [0, 0.1) is 13.8 Å². The van der Waals surface area contributed by atoms with Crippen molar-refractivity contribution in [2.24, 2.45) is 0 Å². The third kappa shape index (κ3) is 7.14. The smallest absolute Gasteiger partial charge is 0.264 e. The van der Waals surface area contributed by atoms with Crippen molar-refractivity contribution in [3.05, 3.63) is 94.5 Å². The van der Waals surface area contributed by atoms with Gasteiger partial charge < -0.3 is 10.2 Å². The molecule has 3 rings (SSSR count). The van der Waals surface area contributed by atoms with Crippen molar-refractivity contribution in [2.75, 3.05) is 10.8 Å². The molecule has 1 unspecified atom stereocenters. The Morgan fingerprint density at radius 3 is 2.13 bits per heavy atom. The molecule has 7 nitrogen and oxygen atoms in total. The first-order valence-electron chi connectivity index (χ1n) is 12.4. The van der Waals surface area contributed by atoms with Gasteiger partial charge in [0.25, 0.3) is 10.0 Å². The Morgan fingerprint density at radius 2 is 1.55 bits per heavy atom. The molecule has 0 aliphatic heterocycles. The topological polar surface area (TPSA) is 86.8 Å². The highest BCUT2D eigenvalue weighted by molar-refractivity contribution is 7.92.